The van der Waals surface area contributed by atoms with Crippen molar-refractivity contribution in [3.8, 4) is 11.5 Å². The molecule has 17 nitrogen and oxygen atoms in total. The van der Waals surface area contributed by atoms with Crippen LogP contribution in [0.5, 0.6) is 11.5 Å². The zero-order chi connectivity index (χ0) is 46.4. The summed E-state index contributed by atoms with van der Waals surface area (Å²) in [5.41, 5.74) is 5.87. The summed E-state index contributed by atoms with van der Waals surface area (Å²) in [5, 5.41) is 9.17. The van der Waals surface area contributed by atoms with Gasteiger partial charge in [0.05, 0.1) is 62.4 Å². The number of nitrogens with one attached hydrogen (secondary N) is 4. The number of halogens is 1. The lowest BCUT2D eigenvalue weighted by Gasteiger charge is -2.43. The lowest BCUT2D eigenvalue weighted by atomic mass is 9.90. The van der Waals surface area contributed by atoms with Crippen LogP contribution >= 0.6 is 11.6 Å². The molecule has 0 aliphatic carbocycles. The molecular formula is C47H61ClN10O7S. The summed E-state index contributed by atoms with van der Waals surface area (Å²) in [5.74, 6) is 1.05. The summed E-state index contributed by atoms with van der Waals surface area (Å²) in [6.45, 7) is 11.8. The van der Waals surface area contributed by atoms with Gasteiger partial charge in [-0.15, -0.1) is 0 Å². The minimum absolute atomic E-state index is 0.189. The molecular weight excluding hydrogens is 884 g/mol. The predicted octanol–water partition coefficient (Wildman–Crippen LogP) is 5.97. The van der Waals surface area contributed by atoms with Gasteiger partial charge in [0.25, 0.3) is 0 Å². The Bertz CT molecular complexity index is 2470. The van der Waals surface area contributed by atoms with E-state index in [-0.39, 0.29) is 46.3 Å². The second-order valence-corrected chi connectivity index (χ2v) is 19.5. The van der Waals surface area contributed by atoms with E-state index in [0.717, 1.165) is 109 Å². The Morgan fingerprint density at radius 1 is 0.848 bits per heavy atom. The molecule has 4 aliphatic heterocycles. The van der Waals surface area contributed by atoms with Crippen molar-refractivity contribution < 1.29 is 32.2 Å². The van der Waals surface area contributed by atoms with E-state index in [4.69, 9.17) is 25.8 Å². The van der Waals surface area contributed by atoms with E-state index in [9.17, 15) is 18.0 Å². The molecule has 0 saturated carbocycles. The number of benzene rings is 3. The number of anilines is 7. The first-order valence-corrected chi connectivity index (χ1v) is 25.1. The summed E-state index contributed by atoms with van der Waals surface area (Å²) in [7, 11) is -0.427. The van der Waals surface area contributed by atoms with Crippen molar-refractivity contribution in [3.05, 3.63) is 76.9 Å². The Kier molecular flexibility index (Phi) is 15.0. The molecule has 354 valence electrons. The summed E-state index contributed by atoms with van der Waals surface area (Å²) < 4.78 is 44.3. The van der Waals surface area contributed by atoms with E-state index >= 15 is 0 Å². The second-order valence-electron chi connectivity index (χ2n) is 17.4. The van der Waals surface area contributed by atoms with Gasteiger partial charge in [0.1, 0.15) is 16.5 Å². The van der Waals surface area contributed by atoms with Gasteiger partial charge in [-0.3, -0.25) is 29.4 Å². The van der Waals surface area contributed by atoms with Crippen LogP contribution in [-0.4, -0.2) is 138 Å². The van der Waals surface area contributed by atoms with E-state index in [1.165, 1.54) is 24.6 Å². The number of ether oxygens (including phenoxy) is 3. The molecule has 5 heterocycles. The molecule has 1 aromatic heterocycles. The SMILES string of the molecule is CCc1cc(Nc2ncc(Cl)c(Nc3ccc(OC)cc3NS(C)(=O)=O)n2)c(OC)cc1N1CCC(N2CCN(CCO[C@H]3CCN(c4ccc(C5CCC(=O)NC5=O)cc4)C3)CC2)CC1. The van der Waals surface area contributed by atoms with E-state index in [1.54, 1.807) is 25.3 Å². The van der Waals surface area contributed by atoms with Crippen molar-refractivity contribution in [3.63, 3.8) is 0 Å². The van der Waals surface area contributed by atoms with Gasteiger partial charge in [0.15, 0.2) is 5.82 Å². The Morgan fingerprint density at radius 3 is 2.30 bits per heavy atom. The Labute approximate surface area is 392 Å². The number of hydrogen-bond donors (Lipinski definition) is 4. The fourth-order valence-corrected chi connectivity index (χ4v) is 10.2. The van der Waals surface area contributed by atoms with Crippen molar-refractivity contribution in [2.75, 3.05) is 111 Å². The molecule has 0 bridgehead atoms. The van der Waals surface area contributed by atoms with E-state index in [0.29, 0.717) is 41.8 Å². The number of carbonyl (C=O) groups excluding carboxylic acids is 2. The van der Waals surface area contributed by atoms with Crippen molar-refractivity contribution in [2.24, 2.45) is 0 Å². The summed E-state index contributed by atoms with van der Waals surface area (Å²) in [6.07, 6.45) is 7.71. The molecule has 4 fully saturated rings. The van der Waals surface area contributed by atoms with Gasteiger partial charge in [-0.25, -0.2) is 13.4 Å². The fraction of sp³-hybridized carbons (Fsp3) is 0.489. The van der Waals surface area contributed by atoms with Gasteiger partial charge in [-0.1, -0.05) is 30.7 Å². The van der Waals surface area contributed by atoms with Gasteiger partial charge in [-0.2, -0.15) is 4.98 Å². The summed E-state index contributed by atoms with van der Waals surface area (Å²) in [4.78, 5) is 43.0. The third-order valence-corrected chi connectivity index (χ3v) is 13.9. The number of aromatic nitrogens is 2. The van der Waals surface area contributed by atoms with Crippen LogP contribution in [0.1, 0.15) is 56.1 Å². The highest BCUT2D eigenvalue weighted by Gasteiger charge is 2.31. The van der Waals surface area contributed by atoms with Crippen LogP contribution in [0.4, 0.5) is 40.2 Å². The molecule has 4 N–H and O–H groups in total. The monoisotopic (exact) mass is 944 g/mol. The third-order valence-electron chi connectivity index (χ3n) is 13.1. The van der Waals surface area contributed by atoms with Gasteiger partial charge >= 0.3 is 0 Å². The number of amides is 2. The number of hydrogen-bond acceptors (Lipinski definition) is 15. The average molecular weight is 946 g/mol. The van der Waals surface area contributed by atoms with Gasteiger partial charge in [0.2, 0.25) is 27.8 Å². The summed E-state index contributed by atoms with van der Waals surface area (Å²) >= 11 is 6.52. The number of rotatable bonds is 17. The van der Waals surface area contributed by atoms with Crippen LogP contribution in [-0.2, 0) is 30.8 Å². The van der Waals surface area contributed by atoms with E-state index < -0.39 is 10.0 Å². The topological polar surface area (TPSA) is 183 Å². The molecule has 1 unspecified atom stereocenters. The minimum atomic E-state index is -3.59. The smallest absolute Gasteiger partial charge is 0.234 e. The third kappa shape index (κ3) is 11.6. The number of nitrogens with zero attached hydrogens (tertiary/aromatic N) is 6. The maximum atomic E-state index is 12.3. The molecule has 19 heteroatoms. The number of methoxy groups -OCH3 is 2. The van der Waals surface area contributed by atoms with Gasteiger partial charge < -0.3 is 34.6 Å². The Balaban J connectivity index is 0.793. The van der Waals surface area contributed by atoms with Crippen molar-refractivity contribution in [2.45, 2.75) is 63.5 Å². The van der Waals surface area contributed by atoms with E-state index in [1.807, 2.05) is 12.1 Å². The predicted molar refractivity (Wildman–Crippen MR) is 259 cm³/mol. The maximum Gasteiger partial charge on any atom is 0.234 e. The van der Waals surface area contributed by atoms with Crippen molar-refractivity contribution in [1.29, 1.82) is 0 Å². The number of carbonyl (C=O) groups is 2. The van der Waals surface area contributed by atoms with Crippen LogP contribution in [0.15, 0.2) is 60.8 Å². The average Bonchev–Trinajstić information content (AvgIpc) is 3.79. The minimum Gasteiger partial charge on any atom is -0.497 e. The van der Waals surface area contributed by atoms with Crippen molar-refractivity contribution in [1.82, 2.24) is 25.1 Å². The van der Waals surface area contributed by atoms with Crippen LogP contribution in [0.3, 0.4) is 0 Å². The fourth-order valence-electron chi connectivity index (χ4n) is 9.46. The van der Waals surface area contributed by atoms with Gasteiger partial charge in [-0.05, 0) is 73.6 Å². The largest absolute Gasteiger partial charge is 0.497 e. The number of aryl methyl sites for hydroxylation is 1. The number of sulfonamides is 1. The van der Waals surface area contributed by atoms with Crippen LogP contribution < -0.4 is 39.9 Å². The van der Waals surface area contributed by atoms with Gasteiger partial charge in [0, 0.05) is 94.9 Å². The maximum absolute atomic E-state index is 12.3. The molecule has 4 saturated heterocycles. The molecule has 2 amide bonds. The molecule has 2 atom stereocenters. The van der Waals surface area contributed by atoms with Crippen molar-refractivity contribution >= 4 is 73.6 Å². The standard InChI is InChI=1S/C47H61ClN10O7S/c1-5-31-26-41(51-47-49-29-38(48)45(53-47)50-39-12-10-35(63-2)27-40(39)54-66(4,61)62)43(64-3)28-42(31)57-17-14-34(15-18-57)56-22-20-55(21-23-56)24-25-65-36-16-19-58(30-36)33-8-6-32(7-9-33)37-11-13-44(59)52-46(37)60/h6-10,12,26-29,34,36-37,54H,5,11,13-25,30H2,1-4H3,(H,52,59,60)(H2,49,50,51,53)/t36-,37?/m0/s1. The highest BCUT2D eigenvalue weighted by molar-refractivity contribution is 7.92. The highest BCUT2D eigenvalue weighted by atomic mass is 35.5. The van der Waals surface area contributed by atoms with Crippen LogP contribution in [0.25, 0.3) is 0 Å². The molecule has 66 heavy (non-hydrogen) atoms. The first-order chi connectivity index (χ1) is 31.9. The number of imide groups is 1. The molecule has 4 aliphatic rings. The Hall–Kier alpha value is -5.40. The lowest BCUT2D eigenvalue weighted by Crippen LogP contribution is -2.53. The Morgan fingerprint density at radius 2 is 1.61 bits per heavy atom. The number of piperazine rings is 1. The first kappa shape index (κ1) is 47.1. The molecule has 0 radical (unpaired) electrons. The zero-order valence-electron chi connectivity index (χ0n) is 38.1. The van der Waals surface area contributed by atoms with Crippen LogP contribution in [0.2, 0.25) is 5.02 Å². The first-order valence-electron chi connectivity index (χ1n) is 22.8. The highest BCUT2D eigenvalue weighted by Crippen LogP contribution is 2.38. The molecule has 8 rings (SSSR count). The summed E-state index contributed by atoms with van der Waals surface area (Å²) in [6, 6.07) is 17.9. The molecule has 4 aromatic rings. The van der Waals surface area contributed by atoms with E-state index in [2.05, 4.69) is 81.4 Å². The molecule has 0 spiro atoms. The molecule has 3 aromatic carbocycles. The lowest BCUT2D eigenvalue weighted by molar-refractivity contribution is -0.134. The van der Waals surface area contributed by atoms with Crippen LogP contribution in [0, 0.1) is 0 Å². The number of piperidine rings is 2. The zero-order valence-corrected chi connectivity index (χ0v) is 39.7. The second kappa shape index (κ2) is 21.1. The normalized spacial score (nSPS) is 20.0. The quantitative estimate of drug-likeness (QED) is 0.0909.